The van der Waals surface area contributed by atoms with Gasteiger partial charge in [0, 0.05) is 13.2 Å². The van der Waals surface area contributed by atoms with E-state index in [-0.39, 0.29) is 17.1 Å². The molecule has 2 rings (SSSR count). The Hall–Kier alpha value is -2.21. The van der Waals surface area contributed by atoms with Gasteiger partial charge < -0.3 is 0 Å². The van der Waals surface area contributed by atoms with Crippen molar-refractivity contribution in [2.75, 3.05) is 0 Å². The highest BCUT2D eigenvalue weighted by Crippen LogP contribution is 2.15. The zero-order chi connectivity index (χ0) is 15.7. The SMILES string of the molecule is CC(=O)c1cn(Cc2ccc(Cl)c(F)c2)c(=O)n(C)c1=O. The predicted octanol–water partition coefficient (Wildman–Crippen LogP) is 1.59. The van der Waals surface area contributed by atoms with E-state index in [1.54, 1.807) is 6.07 Å². The molecule has 7 heteroatoms. The maximum Gasteiger partial charge on any atom is 0.331 e. The molecule has 1 aromatic carbocycles. The molecule has 0 amide bonds. The molecule has 0 saturated heterocycles. The van der Waals surface area contributed by atoms with Gasteiger partial charge in [0.15, 0.2) is 5.78 Å². The van der Waals surface area contributed by atoms with Gasteiger partial charge in [0.2, 0.25) is 0 Å². The third-order valence-electron chi connectivity index (χ3n) is 3.07. The van der Waals surface area contributed by atoms with E-state index in [4.69, 9.17) is 11.6 Å². The molecule has 1 heterocycles. The van der Waals surface area contributed by atoms with E-state index in [1.807, 2.05) is 0 Å². The van der Waals surface area contributed by atoms with E-state index in [2.05, 4.69) is 0 Å². The van der Waals surface area contributed by atoms with Crippen LogP contribution in [0.5, 0.6) is 0 Å². The molecule has 0 spiro atoms. The fraction of sp³-hybridized carbons (Fsp3) is 0.214. The van der Waals surface area contributed by atoms with Crippen molar-refractivity contribution < 1.29 is 9.18 Å². The van der Waals surface area contributed by atoms with Crippen LogP contribution in [0.4, 0.5) is 4.39 Å². The average molecular weight is 311 g/mol. The molecule has 2 aromatic rings. The smallest absolute Gasteiger partial charge is 0.295 e. The molecule has 21 heavy (non-hydrogen) atoms. The Morgan fingerprint density at radius 2 is 2.00 bits per heavy atom. The molecule has 5 nitrogen and oxygen atoms in total. The second-order valence-electron chi connectivity index (χ2n) is 4.62. The van der Waals surface area contributed by atoms with Crippen LogP contribution < -0.4 is 11.2 Å². The fourth-order valence-electron chi connectivity index (χ4n) is 1.92. The molecule has 0 atom stereocenters. The second-order valence-corrected chi connectivity index (χ2v) is 5.03. The van der Waals surface area contributed by atoms with Gasteiger partial charge in [-0.1, -0.05) is 17.7 Å². The van der Waals surface area contributed by atoms with Crippen LogP contribution in [-0.2, 0) is 13.6 Å². The Bertz CT molecular complexity index is 839. The van der Waals surface area contributed by atoms with E-state index in [0.29, 0.717) is 5.56 Å². The van der Waals surface area contributed by atoms with Gasteiger partial charge in [0.1, 0.15) is 5.82 Å². The van der Waals surface area contributed by atoms with Crippen molar-refractivity contribution >= 4 is 17.4 Å². The Morgan fingerprint density at radius 1 is 1.33 bits per heavy atom. The minimum Gasteiger partial charge on any atom is -0.295 e. The second kappa shape index (κ2) is 5.65. The van der Waals surface area contributed by atoms with Gasteiger partial charge in [-0.2, -0.15) is 0 Å². The third kappa shape index (κ3) is 2.95. The third-order valence-corrected chi connectivity index (χ3v) is 3.38. The van der Waals surface area contributed by atoms with Crippen LogP contribution in [0.15, 0.2) is 34.0 Å². The van der Waals surface area contributed by atoms with E-state index in [1.165, 1.54) is 36.9 Å². The minimum atomic E-state index is -0.647. The van der Waals surface area contributed by atoms with Crippen LogP contribution in [0, 0.1) is 5.82 Å². The summed E-state index contributed by atoms with van der Waals surface area (Å²) in [5.74, 6) is -1.04. The summed E-state index contributed by atoms with van der Waals surface area (Å²) in [5, 5.41) is -0.0176. The first kappa shape index (κ1) is 15.2. The van der Waals surface area contributed by atoms with Crippen molar-refractivity contribution in [2.24, 2.45) is 7.05 Å². The molecule has 0 aliphatic rings. The van der Waals surface area contributed by atoms with E-state index in [9.17, 15) is 18.8 Å². The van der Waals surface area contributed by atoms with Crippen LogP contribution in [0.2, 0.25) is 5.02 Å². The van der Waals surface area contributed by atoms with E-state index >= 15 is 0 Å². The number of benzene rings is 1. The summed E-state index contributed by atoms with van der Waals surface area (Å²) in [5.41, 5.74) is -0.829. The Balaban J connectivity index is 2.54. The van der Waals surface area contributed by atoms with Crippen molar-refractivity contribution in [1.29, 1.82) is 0 Å². The van der Waals surface area contributed by atoms with Crippen LogP contribution in [-0.4, -0.2) is 14.9 Å². The Morgan fingerprint density at radius 3 is 2.57 bits per heavy atom. The van der Waals surface area contributed by atoms with Crippen LogP contribution in [0.1, 0.15) is 22.8 Å². The number of nitrogens with zero attached hydrogens (tertiary/aromatic N) is 2. The van der Waals surface area contributed by atoms with Gasteiger partial charge >= 0.3 is 5.69 Å². The van der Waals surface area contributed by atoms with Crippen molar-refractivity contribution in [1.82, 2.24) is 9.13 Å². The molecule has 0 unspecified atom stereocenters. The number of halogens is 2. The maximum absolute atomic E-state index is 13.4. The normalized spacial score (nSPS) is 10.7. The van der Waals surface area contributed by atoms with Crippen molar-refractivity contribution in [3.8, 4) is 0 Å². The Labute approximate surface area is 124 Å². The number of hydrogen-bond acceptors (Lipinski definition) is 3. The number of aromatic nitrogens is 2. The molecular weight excluding hydrogens is 299 g/mol. The monoisotopic (exact) mass is 310 g/mol. The summed E-state index contributed by atoms with van der Waals surface area (Å²) in [4.78, 5) is 35.2. The average Bonchev–Trinajstić information content (AvgIpc) is 2.43. The lowest BCUT2D eigenvalue weighted by atomic mass is 10.2. The first-order chi connectivity index (χ1) is 9.81. The molecular formula is C14H12ClFN2O3. The molecule has 0 aliphatic heterocycles. The summed E-state index contributed by atoms with van der Waals surface area (Å²) in [6.07, 6.45) is 1.19. The van der Waals surface area contributed by atoms with Crippen LogP contribution in [0.25, 0.3) is 0 Å². The van der Waals surface area contributed by atoms with Crippen molar-refractivity contribution in [3.05, 3.63) is 67.2 Å². The highest BCUT2D eigenvalue weighted by atomic mass is 35.5. The molecule has 0 fully saturated rings. The van der Waals surface area contributed by atoms with Gasteiger partial charge in [-0.3, -0.25) is 18.7 Å². The van der Waals surface area contributed by atoms with Gasteiger partial charge in [-0.25, -0.2) is 9.18 Å². The first-order valence-corrected chi connectivity index (χ1v) is 6.44. The number of hydrogen-bond donors (Lipinski definition) is 0. The van der Waals surface area contributed by atoms with Gasteiger partial charge in [0.25, 0.3) is 5.56 Å². The molecule has 110 valence electrons. The maximum atomic E-state index is 13.4. The largest absolute Gasteiger partial charge is 0.331 e. The number of Topliss-reactive ketones (excluding diaryl/α,β-unsaturated/α-hetero) is 1. The summed E-state index contributed by atoms with van der Waals surface area (Å²) in [6, 6.07) is 4.15. The summed E-state index contributed by atoms with van der Waals surface area (Å²) in [6.45, 7) is 1.27. The lowest BCUT2D eigenvalue weighted by Gasteiger charge is -2.10. The van der Waals surface area contributed by atoms with E-state index in [0.717, 1.165) is 4.57 Å². The Kier molecular flexibility index (Phi) is 4.09. The molecule has 0 saturated carbocycles. The van der Waals surface area contributed by atoms with Crippen molar-refractivity contribution in [3.63, 3.8) is 0 Å². The van der Waals surface area contributed by atoms with Gasteiger partial charge in [-0.15, -0.1) is 0 Å². The molecule has 0 radical (unpaired) electrons. The predicted molar refractivity (Wildman–Crippen MR) is 76.5 cm³/mol. The zero-order valence-corrected chi connectivity index (χ0v) is 12.1. The van der Waals surface area contributed by atoms with Crippen LogP contribution >= 0.6 is 11.6 Å². The molecule has 0 aliphatic carbocycles. The number of rotatable bonds is 3. The van der Waals surface area contributed by atoms with Crippen LogP contribution in [0.3, 0.4) is 0 Å². The number of ketones is 1. The summed E-state index contributed by atoms with van der Waals surface area (Å²) in [7, 11) is 1.29. The molecule has 1 aromatic heterocycles. The summed E-state index contributed by atoms with van der Waals surface area (Å²) < 4.78 is 15.4. The standard InChI is InChI=1S/C14H12ClFN2O3/c1-8(19)10-7-18(14(21)17(2)13(10)20)6-9-3-4-11(15)12(16)5-9/h3-5,7H,6H2,1-2H3. The molecule has 0 N–H and O–H groups in total. The molecule has 0 bridgehead atoms. The topological polar surface area (TPSA) is 61.1 Å². The van der Waals surface area contributed by atoms with Crippen molar-refractivity contribution in [2.45, 2.75) is 13.5 Å². The first-order valence-electron chi connectivity index (χ1n) is 6.06. The zero-order valence-electron chi connectivity index (χ0n) is 11.4. The fourth-order valence-corrected chi connectivity index (χ4v) is 2.03. The van der Waals surface area contributed by atoms with Gasteiger partial charge in [-0.05, 0) is 24.6 Å². The lowest BCUT2D eigenvalue weighted by Crippen LogP contribution is -2.40. The number of carbonyl (C=O) groups excluding carboxylic acids is 1. The highest BCUT2D eigenvalue weighted by molar-refractivity contribution is 6.30. The minimum absolute atomic E-state index is 0.0176. The lowest BCUT2D eigenvalue weighted by molar-refractivity contribution is 0.101. The van der Waals surface area contributed by atoms with E-state index < -0.39 is 22.8 Å². The quantitative estimate of drug-likeness (QED) is 0.809. The van der Waals surface area contributed by atoms with Gasteiger partial charge in [0.05, 0.1) is 17.1 Å². The number of carbonyl (C=O) groups is 1. The highest BCUT2D eigenvalue weighted by Gasteiger charge is 2.12. The summed E-state index contributed by atoms with van der Waals surface area (Å²) >= 11 is 5.59.